The summed E-state index contributed by atoms with van der Waals surface area (Å²) in [6.45, 7) is 12.1. The van der Waals surface area contributed by atoms with E-state index >= 15 is 0 Å². The van der Waals surface area contributed by atoms with Crippen molar-refractivity contribution in [1.82, 2.24) is 0 Å². The molecule has 2 N–H and O–H groups in total. The second-order valence-corrected chi connectivity index (χ2v) is 11.6. The first kappa shape index (κ1) is 21.8. The molecule has 5 nitrogen and oxygen atoms in total. The molecule has 0 aliphatic heterocycles. The van der Waals surface area contributed by atoms with Crippen molar-refractivity contribution in [3.63, 3.8) is 0 Å². The van der Waals surface area contributed by atoms with Crippen molar-refractivity contribution in [2.75, 3.05) is 17.3 Å². The molecule has 142 valence electrons. The monoisotopic (exact) mass is 388 g/mol. The van der Waals surface area contributed by atoms with Crippen molar-refractivity contribution in [1.29, 1.82) is 0 Å². The highest BCUT2D eigenvalue weighted by Gasteiger charge is 2.26. The molecule has 0 aromatic heterocycles. The van der Waals surface area contributed by atoms with Gasteiger partial charge in [0.2, 0.25) is 0 Å². The molecule has 0 saturated heterocycles. The molecule has 0 aliphatic rings. The van der Waals surface area contributed by atoms with Gasteiger partial charge in [0.25, 0.3) is 0 Å². The number of aromatic hydroxyl groups is 1. The number of phenols is 1. The predicted molar refractivity (Wildman–Crippen MR) is 103 cm³/mol. The Morgan fingerprint density at radius 3 is 1.84 bits per heavy atom. The first-order valence-corrected chi connectivity index (χ1v) is 10.9. The number of rotatable bonds is 6. The smallest absolute Gasteiger partial charge is 0.318 e. The number of carboxylic acids is 1. The number of carbonyl (C=O) groups is 1. The van der Waals surface area contributed by atoms with Crippen molar-refractivity contribution in [3.05, 3.63) is 23.3 Å². The summed E-state index contributed by atoms with van der Waals surface area (Å²) < 4.78 is 23.4. The van der Waals surface area contributed by atoms with E-state index < -0.39 is 21.6 Å². The van der Waals surface area contributed by atoms with E-state index in [0.717, 1.165) is 16.0 Å². The van der Waals surface area contributed by atoms with Gasteiger partial charge in [-0.3, -0.25) is 4.79 Å². The fourth-order valence-corrected chi connectivity index (χ4v) is 4.89. The fourth-order valence-electron chi connectivity index (χ4n) is 2.38. The minimum atomic E-state index is -3.61. The lowest BCUT2D eigenvalue weighted by Crippen LogP contribution is -2.19. The fraction of sp³-hybridized carbons (Fsp3) is 0.611. The maximum Gasteiger partial charge on any atom is 0.318 e. The van der Waals surface area contributed by atoms with E-state index in [1.165, 1.54) is 11.8 Å². The number of thioether (sulfide) groups is 1. The van der Waals surface area contributed by atoms with E-state index in [1.54, 1.807) is 0 Å². The lowest BCUT2D eigenvalue weighted by molar-refractivity contribution is -0.134. The zero-order valence-electron chi connectivity index (χ0n) is 15.7. The third-order valence-electron chi connectivity index (χ3n) is 3.71. The molecular formula is C18H28O5S2. The number of hydrogen-bond donors (Lipinski definition) is 2. The SMILES string of the molecule is CC(C)(C)c1cc(SCCS(=O)(=O)CC(=O)O)cc(C(C)(C)C)c1O. The lowest BCUT2D eigenvalue weighted by atomic mass is 9.79. The van der Waals surface area contributed by atoms with Crippen LogP contribution in [0.3, 0.4) is 0 Å². The Labute approximate surface area is 154 Å². The molecule has 0 unspecified atom stereocenters. The number of aliphatic carboxylic acids is 1. The van der Waals surface area contributed by atoms with E-state index in [2.05, 4.69) is 0 Å². The van der Waals surface area contributed by atoms with Crippen LogP contribution in [0.5, 0.6) is 5.75 Å². The van der Waals surface area contributed by atoms with Crippen molar-refractivity contribution in [2.45, 2.75) is 57.3 Å². The summed E-state index contributed by atoms with van der Waals surface area (Å²) in [5.74, 6) is -1.82. The Kier molecular flexibility index (Phi) is 6.62. The molecule has 0 bridgehead atoms. The van der Waals surface area contributed by atoms with Crippen LogP contribution in [0, 0.1) is 0 Å². The summed E-state index contributed by atoms with van der Waals surface area (Å²) in [7, 11) is -3.61. The Bertz CT molecular complexity index is 703. The predicted octanol–water partition coefficient (Wildman–Crippen LogP) is 3.58. The van der Waals surface area contributed by atoms with Gasteiger partial charge < -0.3 is 10.2 Å². The standard InChI is InChI=1S/C18H28O5S2/c1-17(2,3)13-9-12(10-14(16(13)21)18(4,5)6)24-7-8-25(22,23)11-15(19)20/h9-10,21H,7-8,11H2,1-6H3,(H,19,20). The third-order valence-corrected chi connectivity index (χ3v) is 6.45. The first-order chi connectivity index (χ1) is 11.1. The van der Waals surface area contributed by atoms with Crippen molar-refractivity contribution in [3.8, 4) is 5.75 Å². The normalized spacial score (nSPS) is 13.0. The number of sulfone groups is 1. The van der Waals surface area contributed by atoms with Gasteiger partial charge in [-0.2, -0.15) is 0 Å². The molecule has 0 spiro atoms. The topological polar surface area (TPSA) is 91.7 Å². The Hall–Kier alpha value is -1.21. The molecule has 1 rings (SSSR count). The number of phenolic OH excluding ortho intramolecular Hbond substituents is 1. The zero-order valence-corrected chi connectivity index (χ0v) is 17.3. The number of hydrogen-bond acceptors (Lipinski definition) is 5. The van der Waals surface area contributed by atoms with Gasteiger partial charge in [0, 0.05) is 21.8 Å². The van der Waals surface area contributed by atoms with E-state index in [9.17, 15) is 18.3 Å². The largest absolute Gasteiger partial charge is 0.507 e. The molecule has 1 aromatic rings. The van der Waals surface area contributed by atoms with Crippen LogP contribution in [0.25, 0.3) is 0 Å². The van der Waals surface area contributed by atoms with E-state index in [0.29, 0.717) is 0 Å². The molecule has 1 aromatic carbocycles. The third kappa shape index (κ3) is 6.55. The summed E-state index contributed by atoms with van der Waals surface area (Å²) >= 11 is 1.36. The maximum atomic E-state index is 11.7. The summed E-state index contributed by atoms with van der Waals surface area (Å²) in [5, 5.41) is 19.3. The number of benzene rings is 1. The highest BCUT2D eigenvalue weighted by Crippen LogP contribution is 2.41. The van der Waals surface area contributed by atoms with E-state index in [1.807, 2.05) is 53.7 Å². The first-order valence-electron chi connectivity index (χ1n) is 8.06. The molecule has 0 saturated carbocycles. The summed E-state index contributed by atoms with van der Waals surface area (Å²) in [6, 6.07) is 3.78. The average molecular weight is 389 g/mol. The molecular weight excluding hydrogens is 360 g/mol. The van der Waals surface area contributed by atoms with Crippen LogP contribution in [-0.4, -0.2) is 41.9 Å². The summed E-state index contributed by atoms with van der Waals surface area (Å²) in [4.78, 5) is 11.5. The minimum absolute atomic E-state index is 0.194. The van der Waals surface area contributed by atoms with Crippen molar-refractivity contribution >= 4 is 27.6 Å². The molecule has 0 amide bonds. The Morgan fingerprint density at radius 1 is 1.04 bits per heavy atom. The van der Waals surface area contributed by atoms with Gasteiger partial charge in [-0.1, -0.05) is 41.5 Å². The van der Waals surface area contributed by atoms with Crippen LogP contribution >= 0.6 is 11.8 Å². The van der Waals surface area contributed by atoms with Crippen LogP contribution in [0.2, 0.25) is 0 Å². The van der Waals surface area contributed by atoms with Gasteiger partial charge in [-0.15, -0.1) is 11.8 Å². The van der Waals surface area contributed by atoms with Gasteiger partial charge in [0.1, 0.15) is 11.5 Å². The summed E-state index contributed by atoms with van der Waals surface area (Å²) in [6.07, 6.45) is 0. The zero-order chi connectivity index (χ0) is 19.6. The molecule has 25 heavy (non-hydrogen) atoms. The quantitative estimate of drug-likeness (QED) is 0.724. The van der Waals surface area contributed by atoms with Gasteiger partial charge in [-0.25, -0.2) is 8.42 Å². The van der Waals surface area contributed by atoms with E-state index in [4.69, 9.17) is 5.11 Å². The van der Waals surface area contributed by atoms with Crippen LogP contribution in [0.15, 0.2) is 17.0 Å². The lowest BCUT2D eigenvalue weighted by Gasteiger charge is -2.28. The van der Waals surface area contributed by atoms with Gasteiger partial charge >= 0.3 is 5.97 Å². The molecule has 7 heteroatoms. The van der Waals surface area contributed by atoms with Crippen LogP contribution < -0.4 is 0 Å². The second-order valence-electron chi connectivity index (χ2n) is 8.20. The van der Waals surface area contributed by atoms with Crippen LogP contribution in [-0.2, 0) is 25.5 Å². The Balaban J connectivity index is 3.10. The van der Waals surface area contributed by atoms with Gasteiger partial charge in [-0.05, 0) is 23.0 Å². The average Bonchev–Trinajstić information content (AvgIpc) is 2.35. The highest BCUT2D eigenvalue weighted by atomic mass is 32.2. The number of carboxylic acid groups (broad SMARTS) is 1. The van der Waals surface area contributed by atoms with Crippen molar-refractivity contribution < 1.29 is 23.4 Å². The molecule has 0 fully saturated rings. The van der Waals surface area contributed by atoms with Crippen molar-refractivity contribution in [2.24, 2.45) is 0 Å². The maximum absolute atomic E-state index is 11.7. The molecule has 0 heterocycles. The van der Waals surface area contributed by atoms with E-state index in [-0.39, 0.29) is 28.1 Å². The van der Waals surface area contributed by atoms with Crippen LogP contribution in [0.1, 0.15) is 52.7 Å². The molecule has 0 atom stereocenters. The second kappa shape index (κ2) is 7.58. The molecule has 0 aliphatic carbocycles. The highest BCUT2D eigenvalue weighted by molar-refractivity contribution is 8.00. The minimum Gasteiger partial charge on any atom is -0.507 e. The van der Waals surface area contributed by atoms with Gasteiger partial charge in [0.15, 0.2) is 9.84 Å². The molecule has 0 radical (unpaired) electrons. The van der Waals surface area contributed by atoms with Crippen LogP contribution in [0.4, 0.5) is 0 Å². The van der Waals surface area contributed by atoms with Gasteiger partial charge in [0.05, 0.1) is 5.75 Å². The summed E-state index contributed by atoms with van der Waals surface area (Å²) in [5.41, 5.74) is 1.12. The Morgan fingerprint density at radius 2 is 1.48 bits per heavy atom.